The molecule has 1 rings (SSSR count). The minimum Gasteiger partial charge on any atom is -0.396 e. The molecule has 0 aromatic carbocycles. The van der Waals surface area contributed by atoms with Crippen LogP contribution < -0.4 is 0 Å². The average molecular weight is 243 g/mol. The highest BCUT2D eigenvalue weighted by molar-refractivity contribution is 4.86. The molecule has 17 heavy (non-hydrogen) atoms. The first-order valence-corrected chi connectivity index (χ1v) is 7.09. The van der Waals surface area contributed by atoms with E-state index in [2.05, 4.69) is 18.7 Å². The minimum atomic E-state index is 0.123. The summed E-state index contributed by atoms with van der Waals surface area (Å²) in [6.07, 6.45) is 6.98. The van der Waals surface area contributed by atoms with E-state index in [0.29, 0.717) is 12.6 Å². The molecule has 0 spiro atoms. The third-order valence-corrected chi connectivity index (χ3v) is 4.12. The molecular weight excluding hydrogens is 214 g/mol. The molecule has 2 N–H and O–H groups in total. The van der Waals surface area contributed by atoms with Crippen molar-refractivity contribution in [1.29, 1.82) is 0 Å². The van der Waals surface area contributed by atoms with Gasteiger partial charge in [-0.2, -0.15) is 0 Å². The number of hydrogen-bond acceptors (Lipinski definition) is 3. The van der Waals surface area contributed by atoms with Gasteiger partial charge in [0.15, 0.2) is 0 Å². The van der Waals surface area contributed by atoms with Gasteiger partial charge in [-0.15, -0.1) is 0 Å². The summed E-state index contributed by atoms with van der Waals surface area (Å²) in [5, 5.41) is 18.7. The summed E-state index contributed by atoms with van der Waals surface area (Å²) < 4.78 is 0. The van der Waals surface area contributed by atoms with Gasteiger partial charge >= 0.3 is 0 Å². The van der Waals surface area contributed by atoms with Gasteiger partial charge in [-0.3, -0.25) is 0 Å². The molecule has 0 aromatic heterocycles. The molecule has 0 heterocycles. The van der Waals surface area contributed by atoms with E-state index in [1.165, 1.54) is 19.3 Å². The second kappa shape index (κ2) is 7.34. The van der Waals surface area contributed by atoms with E-state index in [0.717, 1.165) is 32.4 Å². The Morgan fingerprint density at radius 1 is 1.12 bits per heavy atom. The van der Waals surface area contributed by atoms with Gasteiger partial charge in [-0.05, 0) is 33.1 Å². The molecule has 1 saturated carbocycles. The van der Waals surface area contributed by atoms with E-state index in [1.807, 2.05) is 0 Å². The van der Waals surface area contributed by atoms with Gasteiger partial charge < -0.3 is 15.1 Å². The van der Waals surface area contributed by atoms with Crippen molar-refractivity contribution in [2.45, 2.75) is 58.4 Å². The van der Waals surface area contributed by atoms with Gasteiger partial charge in [0.25, 0.3) is 0 Å². The van der Waals surface area contributed by atoms with E-state index in [1.54, 1.807) is 0 Å². The van der Waals surface area contributed by atoms with E-state index in [9.17, 15) is 5.11 Å². The fourth-order valence-corrected chi connectivity index (χ4v) is 2.89. The number of aliphatic hydroxyl groups excluding tert-OH is 2. The van der Waals surface area contributed by atoms with Crippen molar-refractivity contribution in [2.24, 2.45) is 5.41 Å². The first kappa shape index (κ1) is 14.9. The molecule has 3 heteroatoms. The number of hydrogen-bond donors (Lipinski definition) is 2. The summed E-state index contributed by atoms with van der Waals surface area (Å²) in [6.45, 7) is 6.90. The summed E-state index contributed by atoms with van der Waals surface area (Å²) in [7, 11) is 0. The lowest BCUT2D eigenvalue weighted by Crippen LogP contribution is -2.45. The van der Waals surface area contributed by atoms with Crippen molar-refractivity contribution in [3.05, 3.63) is 0 Å². The molecule has 0 aliphatic heterocycles. The lowest BCUT2D eigenvalue weighted by Gasteiger charge is -2.41. The van der Waals surface area contributed by atoms with Crippen molar-refractivity contribution in [3.8, 4) is 0 Å². The highest BCUT2D eigenvalue weighted by atomic mass is 16.3. The van der Waals surface area contributed by atoms with Crippen LogP contribution in [0.3, 0.4) is 0 Å². The first-order valence-electron chi connectivity index (χ1n) is 7.09. The van der Waals surface area contributed by atoms with Crippen molar-refractivity contribution in [1.82, 2.24) is 4.90 Å². The molecule has 1 aliphatic rings. The number of aliphatic hydroxyl groups is 2. The second-order valence-corrected chi connectivity index (χ2v) is 5.86. The molecule has 0 aromatic rings. The predicted molar refractivity (Wildman–Crippen MR) is 71.0 cm³/mol. The smallest absolute Gasteiger partial charge is 0.0499 e. The van der Waals surface area contributed by atoms with Crippen LogP contribution in [-0.4, -0.2) is 47.5 Å². The van der Waals surface area contributed by atoms with Crippen LogP contribution in [0.4, 0.5) is 0 Å². The van der Waals surface area contributed by atoms with E-state index in [4.69, 9.17) is 5.11 Å². The zero-order chi connectivity index (χ0) is 12.7. The van der Waals surface area contributed by atoms with Crippen LogP contribution in [0.1, 0.15) is 52.4 Å². The molecule has 0 unspecified atom stereocenters. The second-order valence-electron chi connectivity index (χ2n) is 5.86. The van der Waals surface area contributed by atoms with E-state index < -0.39 is 0 Å². The maximum atomic E-state index is 9.72. The van der Waals surface area contributed by atoms with Crippen LogP contribution >= 0.6 is 0 Å². The van der Waals surface area contributed by atoms with Crippen molar-refractivity contribution in [3.63, 3.8) is 0 Å². The van der Waals surface area contributed by atoms with Gasteiger partial charge in [0.05, 0.1) is 0 Å². The highest BCUT2D eigenvalue weighted by Crippen LogP contribution is 2.36. The standard InChI is InChI=1S/C14H29NO2/c1-13(2)15(9-6-10-16)11-14(12-17)7-4-3-5-8-14/h13,16-17H,3-12H2,1-2H3. The minimum absolute atomic E-state index is 0.123. The topological polar surface area (TPSA) is 43.7 Å². The lowest BCUT2D eigenvalue weighted by atomic mass is 9.74. The largest absolute Gasteiger partial charge is 0.396 e. The van der Waals surface area contributed by atoms with Gasteiger partial charge in [-0.1, -0.05) is 19.3 Å². The van der Waals surface area contributed by atoms with Crippen molar-refractivity contribution < 1.29 is 10.2 Å². The quantitative estimate of drug-likeness (QED) is 0.719. The molecule has 0 saturated heterocycles. The number of nitrogens with zero attached hydrogens (tertiary/aromatic N) is 1. The summed E-state index contributed by atoms with van der Waals surface area (Å²) in [5.41, 5.74) is 0.123. The van der Waals surface area contributed by atoms with Crippen LogP contribution in [0.2, 0.25) is 0 Å². The van der Waals surface area contributed by atoms with Gasteiger partial charge in [-0.25, -0.2) is 0 Å². The summed E-state index contributed by atoms with van der Waals surface area (Å²) in [5.74, 6) is 0. The van der Waals surface area contributed by atoms with Crippen LogP contribution in [0.5, 0.6) is 0 Å². The third-order valence-electron chi connectivity index (χ3n) is 4.12. The van der Waals surface area contributed by atoms with Crippen LogP contribution in [-0.2, 0) is 0 Å². The van der Waals surface area contributed by atoms with Gasteiger partial charge in [0.1, 0.15) is 0 Å². The van der Waals surface area contributed by atoms with Crippen molar-refractivity contribution in [2.75, 3.05) is 26.3 Å². The number of rotatable bonds is 7. The molecule has 1 aliphatic carbocycles. The van der Waals surface area contributed by atoms with Crippen LogP contribution in [0.15, 0.2) is 0 Å². The molecular formula is C14H29NO2. The Bertz CT molecular complexity index is 200. The van der Waals surface area contributed by atoms with Crippen LogP contribution in [0.25, 0.3) is 0 Å². The van der Waals surface area contributed by atoms with Gasteiger partial charge in [0.2, 0.25) is 0 Å². The summed E-state index contributed by atoms with van der Waals surface area (Å²) >= 11 is 0. The molecule has 3 nitrogen and oxygen atoms in total. The fraction of sp³-hybridized carbons (Fsp3) is 1.00. The average Bonchev–Trinajstić information content (AvgIpc) is 2.35. The summed E-state index contributed by atoms with van der Waals surface area (Å²) in [6, 6.07) is 0.493. The lowest BCUT2D eigenvalue weighted by molar-refractivity contribution is 0.0280. The highest BCUT2D eigenvalue weighted by Gasteiger charge is 2.33. The normalized spacial score (nSPS) is 20.1. The van der Waals surface area contributed by atoms with E-state index >= 15 is 0 Å². The molecule has 0 atom stereocenters. The molecule has 102 valence electrons. The molecule has 0 bridgehead atoms. The van der Waals surface area contributed by atoms with Gasteiger partial charge in [0, 0.05) is 37.8 Å². The monoisotopic (exact) mass is 243 g/mol. The first-order chi connectivity index (χ1) is 8.13. The Labute approximate surface area is 106 Å². The molecule has 1 fully saturated rings. The maximum absolute atomic E-state index is 9.72. The van der Waals surface area contributed by atoms with Crippen LogP contribution in [0, 0.1) is 5.41 Å². The Morgan fingerprint density at radius 3 is 2.24 bits per heavy atom. The Kier molecular flexibility index (Phi) is 6.45. The Morgan fingerprint density at radius 2 is 1.76 bits per heavy atom. The fourth-order valence-electron chi connectivity index (χ4n) is 2.89. The van der Waals surface area contributed by atoms with Crippen molar-refractivity contribution >= 4 is 0 Å². The Hall–Kier alpha value is -0.120. The Balaban J connectivity index is 2.55. The SMILES string of the molecule is CC(C)N(CCCO)CC1(CO)CCCCC1. The molecule has 0 radical (unpaired) electrons. The third kappa shape index (κ3) is 4.57. The van der Waals surface area contributed by atoms with E-state index in [-0.39, 0.29) is 12.0 Å². The zero-order valence-corrected chi connectivity index (χ0v) is 11.5. The predicted octanol–water partition coefficient (Wildman–Crippen LogP) is 2.02. The maximum Gasteiger partial charge on any atom is 0.0499 e. The summed E-state index contributed by atoms with van der Waals surface area (Å²) in [4.78, 5) is 2.41. The molecule has 0 amide bonds. The zero-order valence-electron chi connectivity index (χ0n) is 11.5.